The highest BCUT2D eigenvalue weighted by Gasteiger charge is 2.28. The third kappa shape index (κ3) is 3.10. The zero-order valence-corrected chi connectivity index (χ0v) is 15.3. The summed E-state index contributed by atoms with van der Waals surface area (Å²) in [6.07, 6.45) is 1.75. The third-order valence-electron chi connectivity index (χ3n) is 4.83. The van der Waals surface area contributed by atoms with Crippen LogP contribution in [-0.4, -0.2) is 22.8 Å². The minimum Gasteiger partial charge on any atom is -0.451 e. The lowest BCUT2D eigenvalue weighted by atomic mass is 10.0. The maximum absolute atomic E-state index is 13.3. The second-order valence-electron chi connectivity index (χ2n) is 6.54. The summed E-state index contributed by atoms with van der Waals surface area (Å²) in [7, 11) is 1.79. The quantitative estimate of drug-likeness (QED) is 0.517. The molecule has 0 N–H and O–H groups in total. The molecule has 4 aromatic rings. The highest BCUT2D eigenvalue weighted by molar-refractivity contribution is 5.99. The highest BCUT2D eigenvalue weighted by Crippen LogP contribution is 2.31. The molecule has 1 amide bonds. The van der Waals surface area contributed by atoms with Crippen molar-refractivity contribution in [3.05, 3.63) is 102 Å². The molecular weight excluding hydrogens is 336 g/mol. The fraction of sp³-hybridized carbons (Fsp3) is 0.130. The van der Waals surface area contributed by atoms with Gasteiger partial charge in [-0.2, -0.15) is 0 Å². The van der Waals surface area contributed by atoms with Crippen LogP contribution in [0.15, 0.2) is 83.4 Å². The summed E-state index contributed by atoms with van der Waals surface area (Å²) < 4.78 is 5.89. The van der Waals surface area contributed by atoms with E-state index in [9.17, 15) is 4.79 Å². The Kier molecular flexibility index (Phi) is 4.47. The maximum Gasteiger partial charge on any atom is 0.290 e. The lowest BCUT2D eigenvalue weighted by Crippen LogP contribution is -2.32. The second kappa shape index (κ2) is 7.08. The van der Waals surface area contributed by atoms with Crippen molar-refractivity contribution in [2.45, 2.75) is 13.0 Å². The molecule has 2 aromatic heterocycles. The Balaban J connectivity index is 1.78. The van der Waals surface area contributed by atoms with Crippen LogP contribution in [0.4, 0.5) is 0 Å². The van der Waals surface area contributed by atoms with Crippen LogP contribution in [0.3, 0.4) is 0 Å². The van der Waals surface area contributed by atoms with Gasteiger partial charge in [-0.05, 0) is 30.7 Å². The minimum atomic E-state index is -0.299. The number of hydrogen-bond donors (Lipinski definition) is 0. The molecule has 0 bridgehead atoms. The van der Waals surface area contributed by atoms with Gasteiger partial charge < -0.3 is 9.32 Å². The van der Waals surface area contributed by atoms with E-state index in [2.05, 4.69) is 4.98 Å². The molecule has 2 aromatic carbocycles. The number of benzene rings is 2. The number of pyridine rings is 1. The predicted molar refractivity (Wildman–Crippen MR) is 106 cm³/mol. The van der Waals surface area contributed by atoms with E-state index >= 15 is 0 Å². The van der Waals surface area contributed by atoms with Crippen molar-refractivity contribution in [1.82, 2.24) is 9.88 Å². The van der Waals surface area contributed by atoms with Crippen LogP contribution < -0.4 is 0 Å². The van der Waals surface area contributed by atoms with Crippen LogP contribution in [0.1, 0.15) is 33.4 Å². The van der Waals surface area contributed by atoms with Gasteiger partial charge in [0.05, 0.1) is 11.7 Å². The fourth-order valence-corrected chi connectivity index (χ4v) is 3.42. The van der Waals surface area contributed by atoms with Crippen molar-refractivity contribution < 1.29 is 9.21 Å². The number of aryl methyl sites for hydroxylation is 1. The standard InChI is InChI=1S/C23H20N2O2/c1-16-18-12-6-7-14-20(18)27-22(16)23(26)25(2)21(17-10-4-3-5-11-17)19-13-8-9-15-24-19/h3-15,21H,1-2H3. The van der Waals surface area contributed by atoms with E-state index in [-0.39, 0.29) is 11.9 Å². The van der Waals surface area contributed by atoms with Crippen molar-refractivity contribution in [3.63, 3.8) is 0 Å². The first kappa shape index (κ1) is 17.0. The summed E-state index contributed by atoms with van der Waals surface area (Å²) >= 11 is 0. The van der Waals surface area contributed by atoms with Crippen LogP contribution in [0, 0.1) is 6.92 Å². The average Bonchev–Trinajstić information content (AvgIpc) is 3.06. The Hall–Kier alpha value is -3.40. The molecule has 0 fully saturated rings. The van der Waals surface area contributed by atoms with Crippen LogP contribution in [0.5, 0.6) is 0 Å². The average molecular weight is 356 g/mol. The van der Waals surface area contributed by atoms with Gasteiger partial charge in [0.1, 0.15) is 5.58 Å². The zero-order chi connectivity index (χ0) is 18.8. The van der Waals surface area contributed by atoms with Crippen LogP contribution in [0.25, 0.3) is 11.0 Å². The van der Waals surface area contributed by atoms with Crippen LogP contribution in [0.2, 0.25) is 0 Å². The van der Waals surface area contributed by atoms with Gasteiger partial charge in [-0.15, -0.1) is 0 Å². The molecule has 0 spiro atoms. The van der Waals surface area contributed by atoms with Crippen LogP contribution >= 0.6 is 0 Å². The van der Waals surface area contributed by atoms with E-state index in [0.717, 1.165) is 27.8 Å². The van der Waals surface area contributed by atoms with Gasteiger partial charge in [0.15, 0.2) is 5.76 Å². The van der Waals surface area contributed by atoms with Crippen molar-refractivity contribution in [1.29, 1.82) is 0 Å². The number of nitrogens with zero attached hydrogens (tertiary/aromatic N) is 2. The number of amides is 1. The van der Waals surface area contributed by atoms with E-state index in [4.69, 9.17) is 4.42 Å². The molecule has 0 aliphatic carbocycles. The third-order valence-corrected chi connectivity index (χ3v) is 4.83. The lowest BCUT2D eigenvalue weighted by molar-refractivity contribution is 0.0722. The van der Waals surface area contributed by atoms with Gasteiger partial charge >= 0.3 is 0 Å². The first-order chi connectivity index (χ1) is 13.2. The Morgan fingerprint density at radius 2 is 1.67 bits per heavy atom. The number of hydrogen-bond acceptors (Lipinski definition) is 3. The predicted octanol–water partition coefficient (Wildman–Crippen LogP) is 5.00. The second-order valence-corrected chi connectivity index (χ2v) is 6.54. The number of para-hydroxylation sites is 1. The Bertz CT molecular complexity index is 1030. The first-order valence-corrected chi connectivity index (χ1v) is 8.88. The molecule has 2 heterocycles. The zero-order valence-electron chi connectivity index (χ0n) is 15.3. The molecule has 4 rings (SSSR count). The SMILES string of the molecule is Cc1c(C(=O)N(C)C(c2ccccc2)c2ccccn2)oc2ccccc12. The molecule has 0 aliphatic heterocycles. The number of furan rings is 1. The Morgan fingerprint density at radius 3 is 2.37 bits per heavy atom. The van der Waals surface area contributed by atoms with E-state index in [1.165, 1.54) is 0 Å². The minimum absolute atomic E-state index is 0.164. The first-order valence-electron chi connectivity index (χ1n) is 8.88. The van der Waals surface area contributed by atoms with Crippen molar-refractivity contribution in [2.75, 3.05) is 7.05 Å². The number of fused-ring (bicyclic) bond motifs is 1. The normalized spacial score (nSPS) is 12.1. The lowest BCUT2D eigenvalue weighted by Gasteiger charge is -2.27. The summed E-state index contributed by atoms with van der Waals surface area (Å²) in [6.45, 7) is 1.92. The largest absolute Gasteiger partial charge is 0.451 e. The molecule has 4 nitrogen and oxygen atoms in total. The van der Waals surface area contributed by atoms with Gasteiger partial charge in [-0.3, -0.25) is 9.78 Å². The van der Waals surface area contributed by atoms with Gasteiger partial charge in [0.25, 0.3) is 5.91 Å². The van der Waals surface area contributed by atoms with E-state index < -0.39 is 0 Å². The topological polar surface area (TPSA) is 46.3 Å². The Morgan fingerprint density at radius 1 is 0.963 bits per heavy atom. The summed E-state index contributed by atoms with van der Waals surface area (Å²) in [6, 6.07) is 23.1. The van der Waals surface area contributed by atoms with E-state index in [1.807, 2.05) is 79.7 Å². The molecule has 1 atom stereocenters. The number of rotatable bonds is 4. The molecule has 0 saturated carbocycles. The molecular formula is C23H20N2O2. The smallest absolute Gasteiger partial charge is 0.290 e. The molecule has 1 unspecified atom stereocenters. The van der Waals surface area contributed by atoms with Crippen LogP contribution in [-0.2, 0) is 0 Å². The summed E-state index contributed by atoms with van der Waals surface area (Å²) in [5.41, 5.74) is 3.39. The van der Waals surface area contributed by atoms with Gasteiger partial charge in [-0.1, -0.05) is 54.6 Å². The van der Waals surface area contributed by atoms with Crippen molar-refractivity contribution in [2.24, 2.45) is 0 Å². The number of carbonyl (C=O) groups excluding carboxylic acids is 1. The van der Waals surface area contributed by atoms with Gasteiger partial charge in [0, 0.05) is 24.2 Å². The van der Waals surface area contributed by atoms with E-state index in [1.54, 1.807) is 18.1 Å². The monoisotopic (exact) mass is 356 g/mol. The number of aromatic nitrogens is 1. The Labute approximate surface area is 158 Å². The maximum atomic E-state index is 13.3. The fourth-order valence-electron chi connectivity index (χ4n) is 3.42. The molecule has 134 valence electrons. The molecule has 27 heavy (non-hydrogen) atoms. The molecule has 0 radical (unpaired) electrons. The van der Waals surface area contributed by atoms with E-state index in [0.29, 0.717) is 5.76 Å². The van der Waals surface area contributed by atoms with Crippen molar-refractivity contribution >= 4 is 16.9 Å². The molecule has 4 heteroatoms. The van der Waals surface area contributed by atoms with Gasteiger partial charge in [-0.25, -0.2) is 0 Å². The number of carbonyl (C=O) groups is 1. The van der Waals surface area contributed by atoms with Crippen molar-refractivity contribution in [3.8, 4) is 0 Å². The summed E-state index contributed by atoms with van der Waals surface area (Å²) in [4.78, 5) is 19.5. The molecule has 0 saturated heterocycles. The summed E-state index contributed by atoms with van der Waals surface area (Å²) in [5.74, 6) is 0.207. The highest BCUT2D eigenvalue weighted by atomic mass is 16.3. The molecule has 0 aliphatic rings. The summed E-state index contributed by atoms with van der Waals surface area (Å²) in [5, 5.41) is 0.961. The van der Waals surface area contributed by atoms with Gasteiger partial charge in [0.2, 0.25) is 0 Å².